The molecule has 20 heavy (non-hydrogen) atoms. The Morgan fingerprint density at radius 1 is 1.20 bits per heavy atom. The van der Waals surface area contributed by atoms with Crippen molar-refractivity contribution in [3.8, 4) is 0 Å². The molecule has 2 unspecified atom stereocenters. The molecule has 2 rings (SSSR count). The van der Waals surface area contributed by atoms with Crippen LogP contribution in [0.5, 0.6) is 0 Å². The number of ketones is 1. The van der Waals surface area contributed by atoms with Gasteiger partial charge in [-0.15, -0.1) is 0 Å². The first-order chi connectivity index (χ1) is 9.31. The highest BCUT2D eigenvalue weighted by Gasteiger charge is 2.40. The maximum Gasteiger partial charge on any atom is 0.220 e. The van der Waals surface area contributed by atoms with E-state index in [0.29, 0.717) is 18.8 Å². The lowest BCUT2D eigenvalue weighted by Gasteiger charge is -2.31. The molecule has 0 spiro atoms. The lowest BCUT2D eigenvalue weighted by Crippen LogP contribution is -2.49. The van der Waals surface area contributed by atoms with E-state index in [4.69, 9.17) is 0 Å². The Balaban J connectivity index is 1.90. The maximum absolute atomic E-state index is 12.3. The van der Waals surface area contributed by atoms with Crippen molar-refractivity contribution in [2.45, 2.75) is 72.3 Å². The molecule has 0 aromatic rings. The molecule has 3 heteroatoms. The van der Waals surface area contributed by atoms with Gasteiger partial charge in [0, 0.05) is 12.8 Å². The molecule has 2 bridgehead atoms. The Bertz CT molecular complexity index is 383. The van der Waals surface area contributed by atoms with Crippen molar-refractivity contribution < 1.29 is 9.59 Å². The monoisotopic (exact) mass is 279 g/mol. The van der Waals surface area contributed by atoms with Crippen LogP contribution in [0.3, 0.4) is 0 Å². The third kappa shape index (κ3) is 3.42. The standard InChI is InChI=1S/C17H29NO2/c1-5-14(19)16(17(2,3)4)18-15(20)10-13-9-11-6-7-12(13)8-11/h11-13,16H,5-10H2,1-4H3,(H,18,20)/t11?,12?,13-,16-/m1/s1. The first-order valence-corrected chi connectivity index (χ1v) is 8.13. The van der Waals surface area contributed by atoms with Crippen LogP contribution in [0.25, 0.3) is 0 Å². The molecule has 114 valence electrons. The van der Waals surface area contributed by atoms with Crippen LogP contribution < -0.4 is 5.32 Å². The summed E-state index contributed by atoms with van der Waals surface area (Å²) in [5.74, 6) is 2.41. The van der Waals surface area contributed by atoms with Crippen LogP contribution in [0.4, 0.5) is 0 Å². The zero-order valence-electron chi connectivity index (χ0n) is 13.4. The first-order valence-electron chi connectivity index (χ1n) is 8.13. The predicted octanol–water partition coefficient (Wildman–Crippen LogP) is 3.32. The van der Waals surface area contributed by atoms with Crippen LogP contribution >= 0.6 is 0 Å². The Morgan fingerprint density at radius 2 is 1.90 bits per heavy atom. The molecule has 2 saturated carbocycles. The molecular formula is C17H29NO2. The highest BCUT2D eigenvalue weighted by molar-refractivity contribution is 5.89. The number of nitrogens with one attached hydrogen (secondary N) is 1. The van der Waals surface area contributed by atoms with Crippen molar-refractivity contribution in [2.75, 3.05) is 0 Å². The molecule has 1 N–H and O–H groups in total. The van der Waals surface area contributed by atoms with Gasteiger partial charge in [-0.05, 0) is 42.4 Å². The number of Topliss-reactive ketones (excluding diaryl/α,β-unsaturated/α-hetero) is 1. The Hall–Kier alpha value is -0.860. The Morgan fingerprint density at radius 3 is 2.35 bits per heavy atom. The summed E-state index contributed by atoms with van der Waals surface area (Å²) >= 11 is 0. The van der Waals surface area contributed by atoms with Gasteiger partial charge in [-0.25, -0.2) is 0 Å². The van der Waals surface area contributed by atoms with Gasteiger partial charge in [0.25, 0.3) is 0 Å². The second-order valence-electron chi connectivity index (χ2n) is 7.83. The Kier molecular flexibility index (Phi) is 4.55. The minimum Gasteiger partial charge on any atom is -0.346 e. The second kappa shape index (κ2) is 5.87. The molecule has 0 saturated heterocycles. The van der Waals surface area contributed by atoms with Crippen LogP contribution in [0.2, 0.25) is 0 Å². The van der Waals surface area contributed by atoms with Gasteiger partial charge < -0.3 is 5.32 Å². The quantitative estimate of drug-likeness (QED) is 0.839. The van der Waals surface area contributed by atoms with E-state index >= 15 is 0 Å². The SMILES string of the molecule is CCC(=O)[C@@H](NC(=O)C[C@H]1CC2CCC1C2)C(C)(C)C. The molecule has 4 atom stereocenters. The van der Waals surface area contributed by atoms with E-state index in [0.717, 1.165) is 11.8 Å². The summed E-state index contributed by atoms with van der Waals surface area (Å²) in [7, 11) is 0. The zero-order valence-corrected chi connectivity index (χ0v) is 13.4. The van der Waals surface area contributed by atoms with Gasteiger partial charge in [0.2, 0.25) is 5.91 Å². The van der Waals surface area contributed by atoms with Gasteiger partial charge in [-0.1, -0.05) is 34.1 Å². The molecule has 3 nitrogen and oxygen atoms in total. The van der Waals surface area contributed by atoms with E-state index in [1.54, 1.807) is 0 Å². The minimum absolute atomic E-state index is 0.0734. The average molecular weight is 279 g/mol. The van der Waals surface area contributed by atoms with Crippen LogP contribution in [0.1, 0.15) is 66.2 Å². The van der Waals surface area contributed by atoms with Crippen molar-refractivity contribution in [1.82, 2.24) is 5.32 Å². The fourth-order valence-corrected chi connectivity index (χ4v) is 4.07. The lowest BCUT2D eigenvalue weighted by molar-refractivity contribution is -0.130. The van der Waals surface area contributed by atoms with Crippen molar-refractivity contribution in [3.63, 3.8) is 0 Å². The summed E-state index contributed by atoms with van der Waals surface area (Å²) in [6.07, 6.45) is 6.32. The van der Waals surface area contributed by atoms with Crippen LogP contribution in [0, 0.1) is 23.2 Å². The topological polar surface area (TPSA) is 46.2 Å². The normalized spacial score (nSPS) is 30.3. The van der Waals surface area contributed by atoms with E-state index in [-0.39, 0.29) is 23.1 Å². The molecule has 0 aromatic carbocycles. The van der Waals surface area contributed by atoms with Gasteiger partial charge >= 0.3 is 0 Å². The van der Waals surface area contributed by atoms with E-state index in [2.05, 4.69) is 5.32 Å². The van der Waals surface area contributed by atoms with Gasteiger partial charge in [0.15, 0.2) is 5.78 Å². The smallest absolute Gasteiger partial charge is 0.220 e. The lowest BCUT2D eigenvalue weighted by atomic mass is 9.82. The van der Waals surface area contributed by atoms with Crippen LogP contribution in [-0.4, -0.2) is 17.7 Å². The summed E-state index contributed by atoms with van der Waals surface area (Å²) < 4.78 is 0. The molecule has 1 amide bonds. The zero-order chi connectivity index (χ0) is 14.9. The number of carbonyl (C=O) groups is 2. The summed E-state index contributed by atoms with van der Waals surface area (Å²) in [6, 6.07) is -0.349. The summed E-state index contributed by atoms with van der Waals surface area (Å²) in [5, 5.41) is 3.01. The van der Waals surface area contributed by atoms with Crippen LogP contribution in [0.15, 0.2) is 0 Å². The van der Waals surface area contributed by atoms with Gasteiger partial charge in [-0.3, -0.25) is 9.59 Å². The molecular weight excluding hydrogens is 250 g/mol. The van der Waals surface area contributed by atoms with Gasteiger partial charge in [0.05, 0.1) is 6.04 Å². The molecule has 0 radical (unpaired) electrons. The summed E-state index contributed by atoms with van der Waals surface area (Å²) in [5.41, 5.74) is -0.211. The van der Waals surface area contributed by atoms with Crippen molar-refractivity contribution in [2.24, 2.45) is 23.2 Å². The number of fused-ring (bicyclic) bond motifs is 2. The van der Waals surface area contributed by atoms with Gasteiger partial charge in [-0.2, -0.15) is 0 Å². The number of hydrogen-bond acceptors (Lipinski definition) is 2. The van der Waals surface area contributed by atoms with Crippen LogP contribution in [-0.2, 0) is 9.59 Å². The third-order valence-corrected chi connectivity index (χ3v) is 5.17. The number of rotatable bonds is 5. The molecule has 0 aromatic heterocycles. The molecule has 2 fully saturated rings. The maximum atomic E-state index is 12.3. The van der Waals surface area contributed by atoms with E-state index < -0.39 is 0 Å². The number of hydrogen-bond donors (Lipinski definition) is 1. The van der Waals surface area contributed by atoms with E-state index in [1.807, 2.05) is 27.7 Å². The second-order valence-corrected chi connectivity index (χ2v) is 7.83. The largest absolute Gasteiger partial charge is 0.346 e. The molecule has 0 heterocycles. The highest BCUT2D eigenvalue weighted by atomic mass is 16.2. The van der Waals surface area contributed by atoms with Crippen molar-refractivity contribution >= 4 is 11.7 Å². The fraction of sp³-hybridized carbons (Fsp3) is 0.882. The predicted molar refractivity (Wildman–Crippen MR) is 80.2 cm³/mol. The summed E-state index contributed by atoms with van der Waals surface area (Å²) in [6.45, 7) is 7.91. The summed E-state index contributed by atoms with van der Waals surface area (Å²) in [4.78, 5) is 24.3. The number of amides is 1. The highest BCUT2D eigenvalue weighted by Crippen LogP contribution is 2.49. The molecule has 2 aliphatic carbocycles. The average Bonchev–Trinajstić information content (AvgIpc) is 2.95. The fourth-order valence-electron chi connectivity index (χ4n) is 4.07. The molecule has 0 aliphatic heterocycles. The van der Waals surface area contributed by atoms with E-state index in [1.165, 1.54) is 25.7 Å². The van der Waals surface area contributed by atoms with Crippen molar-refractivity contribution in [3.05, 3.63) is 0 Å². The van der Waals surface area contributed by atoms with E-state index in [9.17, 15) is 9.59 Å². The Labute approximate surface area is 122 Å². The minimum atomic E-state index is -0.349. The molecule has 2 aliphatic rings. The third-order valence-electron chi connectivity index (χ3n) is 5.17. The van der Waals surface area contributed by atoms with Crippen molar-refractivity contribution in [1.29, 1.82) is 0 Å². The van der Waals surface area contributed by atoms with Gasteiger partial charge in [0.1, 0.15) is 0 Å². The first kappa shape index (κ1) is 15.5. The number of carbonyl (C=O) groups excluding carboxylic acids is 2.